The third-order valence-corrected chi connectivity index (χ3v) is 4.79. The van der Waals surface area contributed by atoms with Gasteiger partial charge in [0.2, 0.25) is 5.83 Å². The van der Waals surface area contributed by atoms with Crippen LogP contribution < -0.4 is 0 Å². The second-order valence-corrected chi connectivity index (χ2v) is 7.54. The van der Waals surface area contributed by atoms with Crippen LogP contribution in [-0.4, -0.2) is 19.3 Å². The second-order valence-electron chi connectivity index (χ2n) is 7.54. The second kappa shape index (κ2) is 14.9. The topological polar surface area (TPSA) is 18.5 Å². The van der Waals surface area contributed by atoms with Crippen molar-refractivity contribution in [3.63, 3.8) is 0 Å². The van der Waals surface area contributed by atoms with Crippen molar-refractivity contribution in [1.82, 2.24) is 0 Å². The molecule has 0 aromatic heterocycles. The number of allylic oxidation sites excluding steroid dienone is 9. The Hall–Kier alpha value is -3.05. The van der Waals surface area contributed by atoms with E-state index in [9.17, 15) is 13.2 Å². The van der Waals surface area contributed by atoms with Gasteiger partial charge in [0.25, 0.3) is 0 Å². The van der Waals surface area contributed by atoms with Crippen LogP contribution in [0.3, 0.4) is 0 Å². The molecule has 0 saturated heterocycles. The first-order valence-electron chi connectivity index (χ1n) is 10.5. The predicted molar refractivity (Wildman–Crippen MR) is 133 cm³/mol. The minimum atomic E-state index is -1.28. The Morgan fingerprint density at radius 3 is 2.00 bits per heavy atom. The molecule has 0 bridgehead atoms. The van der Waals surface area contributed by atoms with Crippen molar-refractivity contribution in [1.29, 1.82) is 0 Å². The lowest BCUT2D eigenvalue weighted by Crippen LogP contribution is -2.16. The smallest absolute Gasteiger partial charge is 0.200 e. The van der Waals surface area contributed by atoms with Crippen LogP contribution in [0.15, 0.2) is 121 Å². The molecule has 0 aromatic rings. The van der Waals surface area contributed by atoms with E-state index in [4.69, 9.17) is 9.47 Å². The van der Waals surface area contributed by atoms with Crippen LogP contribution in [0.2, 0.25) is 0 Å². The van der Waals surface area contributed by atoms with Gasteiger partial charge in [-0.15, -0.1) is 0 Å². The molecule has 0 aliphatic rings. The van der Waals surface area contributed by atoms with Gasteiger partial charge in [0.1, 0.15) is 12.4 Å². The summed E-state index contributed by atoms with van der Waals surface area (Å²) >= 11 is 0. The summed E-state index contributed by atoms with van der Waals surface area (Å²) in [7, 11) is 0. The summed E-state index contributed by atoms with van der Waals surface area (Å²) in [6.07, 6.45) is 5.84. The van der Waals surface area contributed by atoms with Crippen LogP contribution in [0.5, 0.6) is 0 Å². The van der Waals surface area contributed by atoms with E-state index >= 15 is 0 Å². The maximum absolute atomic E-state index is 14.6. The molecule has 0 aromatic carbocycles. The van der Waals surface area contributed by atoms with Gasteiger partial charge in [-0.1, -0.05) is 84.5 Å². The van der Waals surface area contributed by atoms with Crippen LogP contribution in [-0.2, 0) is 9.47 Å². The van der Waals surface area contributed by atoms with Crippen LogP contribution in [0.4, 0.5) is 13.2 Å². The summed E-state index contributed by atoms with van der Waals surface area (Å²) in [5.74, 6) is -3.24. The van der Waals surface area contributed by atoms with Gasteiger partial charge in [-0.05, 0) is 35.6 Å². The van der Waals surface area contributed by atoms with Crippen molar-refractivity contribution in [2.24, 2.45) is 5.92 Å². The summed E-state index contributed by atoms with van der Waals surface area (Å²) in [5.41, 5.74) is 0.576. The SMILES string of the molecule is C=CCOC(=C)/C(F)=C(/F)C(=C)C(=C)/C=C\C(=C)C(=C)/C=C(/F)C(=C)C(C)OCC(C)CC. The van der Waals surface area contributed by atoms with Crippen molar-refractivity contribution in [2.45, 2.75) is 33.3 Å². The minimum Gasteiger partial charge on any atom is -0.487 e. The van der Waals surface area contributed by atoms with Crippen LogP contribution in [0.25, 0.3) is 0 Å². The number of hydrogen-bond donors (Lipinski definition) is 0. The van der Waals surface area contributed by atoms with Crippen molar-refractivity contribution >= 4 is 0 Å². The van der Waals surface area contributed by atoms with Gasteiger partial charge in [0.15, 0.2) is 11.6 Å². The molecule has 0 rings (SSSR count). The molecule has 33 heavy (non-hydrogen) atoms. The van der Waals surface area contributed by atoms with Crippen LogP contribution in [0.1, 0.15) is 27.2 Å². The fraction of sp³-hybridized carbons (Fsp3) is 0.286. The molecular weight excluding hydrogens is 425 g/mol. The van der Waals surface area contributed by atoms with Gasteiger partial charge in [0.05, 0.1) is 6.10 Å². The highest BCUT2D eigenvalue weighted by molar-refractivity contribution is 5.52. The Bertz CT molecular complexity index is 900. The Labute approximate surface area is 196 Å². The summed E-state index contributed by atoms with van der Waals surface area (Å²) < 4.78 is 53.4. The molecule has 0 radical (unpaired) electrons. The molecule has 0 saturated carbocycles. The Morgan fingerprint density at radius 1 is 0.879 bits per heavy atom. The monoisotopic (exact) mass is 460 g/mol. The molecule has 0 heterocycles. The number of ether oxygens (including phenoxy) is 2. The number of rotatable bonds is 16. The first kappa shape index (κ1) is 30.0. The van der Waals surface area contributed by atoms with E-state index in [0.29, 0.717) is 18.1 Å². The van der Waals surface area contributed by atoms with E-state index in [-0.39, 0.29) is 28.9 Å². The standard InChI is InChI=1S/C28H35F3O2/c1-11-15-32-25(10)28(31)27(30)22(7)20(5)14-13-19(4)21(6)16-26(29)23(8)24(9)33-17-18(3)12-2/h11,13-14,16,18,24H,1,4-8,10,12,15,17H2,2-3,9H3/b14-13-,26-16+,28-27-. The maximum Gasteiger partial charge on any atom is 0.200 e. The summed E-state index contributed by atoms with van der Waals surface area (Å²) in [6.45, 7) is 31.5. The Balaban J connectivity index is 5.14. The fourth-order valence-electron chi connectivity index (χ4n) is 2.09. The van der Waals surface area contributed by atoms with Crippen LogP contribution in [0, 0.1) is 5.92 Å². The molecule has 2 atom stereocenters. The maximum atomic E-state index is 14.6. The summed E-state index contributed by atoms with van der Waals surface area (Å²) in [4.78, 5) is 0. The van der Waals surface area contributed by atoms with E-state index in [1.807, 2.05) is 6.92 Å². The van der Waals surface area contributed by atoms with Crippen molar-refractivity contribution < 1.29 is 22.6 Å². The lowest BCUT2D eigenvalue weighted by Gasteiger charge is -2.17. The molecule has 0 aliphatic heterocycles. The molecule has 0 spiro atoms. The molecule has 2 unspecified atom stereocenters. The predicted octanol–water partition coefficient (Wildman–Crippen LogP) is 8.50. The first-order valence-corrected chi connectivity index (χ1v) is 10.5. The lowest BCUT2D eigenvalue weighted by molar-refractivity contribution is 0.0642. The molecule has 180 valence electrons. The average Bonchev–Trinajstić information content (AvgIpc) is 2.81. The largest absolute Gasteiger partial charge is 0.487 e. The van der Waals surface area contributed by atoms with Crippen LogP contribution >= 0.6 is 0 Å². The average molecular weight is 461 g/mol. The number of hydrogen-bond acceptors (Lipinski definition) is 2. The van der Waals surface area contributed by atoms with Gasteiger partial charge in [-0.2, -0.15) is 4.39 Å². The zero-order valence-corrected chi connectivity index (χ0v) is 20.0. The van der Waals surface area contributed by atoms with Gasteiger partial charge in [-0.3, -0.25) is 0 Å². The van der Waals surface area contributed by atoms with E-state index < -0.39 is 29.3 Å². The van der Waals surface area contributed by atoms with Crippen molar-refractivity contribution in [3.05, 3.63) is 121 Å². The normalized spacial score (nSPS) is 14.2. The lowest BCUT2D eigenvalue weighted by atomic mass is 10.0. The zero-order valence-electron chi connectivity index (χ0n) is 20.0. The highest BCUT2D eigenvalue weighted by atomic mass is 19.2. The molecule has 2 nitrogen and oxygen atoms in total. The molecule has 5 heteroatoms. The first-order chi connectivity index (χ1) is 15.4. The van der Waals surface area contributed by atoms with E-state index in [1.165, 1.54) is 24.3 Å². The van der Waals surface area contributed by atoms with Gasteiger partial charge in [-0.25, -0.2) is 8.78 Å². The Kier molecular flexibility index (Phi) is 13.5. The summed E-state index contributed by atoms with van der Waals surface area (Å²) in [6, 6.07) is 0. The van der Waals surface area contributed by atoms with Gasteiger partial charge < -0.3 is 9.47 Å². The highest BCUT2D eigenvalue weighted by Crippen LogP contribution is 2.27. The van der Waals surface area contributed by atoms with Gasteiger partial charge in [0, 0.05) is 17.8 Å². The molecular formula is C28H35F3O2. The van der Waals surface area contributed by atoms with Gasteiger partial charge >= 0.3 is 0 Å². The fourth-order valence-corrected chi connectivity index (χ4v) is 2.09. The van der Waals surface area contributed by atoms with Crippen molar-refractivity contribution in [2.75, 3.05) is 13.2 Å². The number of halogens is 3. The third-order valence-electron chi connectivity index (χ3n) is 4.79. The minimum absolute atomic E-state index is 0.0198. The third kappa shape index (κ3) is 10.4. The quantitative estimate of drug-likeness (QED) is 0.131. The summed E-state index contributed by atoms with van der Waals surface area (Å²) in [5, 5.41) is 0. The highest BCUT2D eigenvalue weighted by Gasteiger charge is 2.16. The molecule has 0 N–H and O–H groups in total. The Morgan fingerprint density at radius 2 is 1.45 bits per heavy atom. The molecule has 0 aliphatic carbocycles. The van der Waals surface area contributed by atoms with E-state index in [1.54, 1.807) is 6.92 Å². The van der Waals surface area contributed by atoms with E-state index in [0.717, 1.165) is 6.42 Å². The van der Waals surface area contributed by atoms with Crippen molar-refractivity contribution in [3.8, 4) is 0 Å². The molecule has 0 amide bonds. The zero-order chi connectivity index (χ0) is 25.7. The van der Waals surface area contributed by atoms with E-state index in [2.05, 4.69) is 53.0 Å². The molecule has 0 fully saturated rings.